The van der Waals surface area contributed by atoms with E-state index in [0.717, 1.165) is 5.56 Å². The van der Waals surface area contributed by atoms with Crippen molar-refractivity contribution in [3.05, 3.63) is 29.3 Å². The number of rotatable bonds is 7. The average Bonchev–Trinajstić information content (AvgIpc) is 2.58. The van der Waals surface area contributed by atoms with E-state index in [4.69, 9.17) is 9.47 Å². The Balaban J connectivity index is 0.00000841. The van der Waals surface area contributed by atoms with Gasteiger partial charge < -0.3 is 25.4 Å². The Morgan fingerprint density at radius 1 is 1.10 bits per heavy atom. The number of hydrogen-bond acceptors (Lipinski definition) is 4. The SMILES string of the molecule is CN=C(NCCNC(=O)OC(C)(C)C)NCc1ccc(C)cc1OCC(F)(F)F.I. The molecule has 1 amide bonds. The number of nitrogens with zero attached hydrogens (tertiary/aromatic N) is 1. The van der Waals surface area contributed by atoms with Crippen LogP contribution in [0.4, 0.5) is 18.0 Å². The fraction of sp³-hybridized carbons (Fsp3) is 0.579. The number of carbonyl (C=O) groups excluding carboxylic acids is 1. The number of benzene rings is 1. The molecule has 172 valence electrons. The van der Waals surface area contributed by atoms with E-state index < -0.39 is 24.5 Å². The normalized spacial score (nSPS) is 11.9. The van der Waals surface area contributed by atoms with Crippen molar-refractivity contribution in [2.75, 3.05) is 26.7 Å². The third-order valence-corrected chi connectivity index (χ3v) is 3.37. The van der Waals surface area contributed by atoms with E-state index in [1.54, 1.807) is 52.9 Å². The molecule has 0 aliphatic carbocycles. The number of carbonyl (C=O) groups is 1. The Morgan fingerprint density at radius 3 is 2.30 bits per heavy atom. The first kappa shape index (κ1) is 28.1. The molecule has 0 fully saturated rings. The van der Waals surface area contributed by atoms with Crippen molar-refractivity contribution in [2.24, 2.45) is 4.99 Å². The molecule has 1 aromatic rings. The van der Waals surface area contributed by atoms with Crippen LogP contribution in [0.3, 0.4) is 0 Å². The Labute approximate surface area is 192 Å². The maximum absolute atomic E-state index is 12.5. The molecule has 3 N–H and O–H groups in total. The fourth-order valence-electron chi connectivity index (χ4n) is 2.16. The number of ether oxygens (including phenoxy) is 2. The molecule has 0 aliphatic rings. The van der Waals surface area contributed by atoms with Crippen LogP contribution in [0.2, 0.25) is 0 Å². The van der Waals surface area contributed by atoms with Crippen molar-refractivity contribution in [1.29, 1.82) is 0 Å². The Hall–Kier alpha value is -1.92. The number of aryl methyl sites for hydroxylation is 1. The molecule has 0 unspecified atom stereocenters. The number of nitrogens with one attached hydrogen (secondary N) is 3. The minimum absolute atomic E-state index is 0. The lowest BCUT2D eigenvalue weighted by atomic mass is 10.1. The summed E-state index contributed by atoms with van der Waals surface area (Å²) in [6.07, 6.45) is -4.93. The third kappa shape index (κ3) is 12.6. The maximum atomic E-state index is 12.5. The van der Waals surface area contributed by atoms with E-state index in [2.05, 4.69) is 20.9 Å². The molecule has 0 bridgehead atoms. The smallest absolute Gasteiger partial charge is 0.422 e. The van der Waals surface area contributed by atoms with Gasteiger partial charge in [-0.05, 0) is 39.3 Å². The van der Waals surface area contributed by atoms with E-state index in [9.17, 15) is 18.0 Å². The van der Waals surface area contributed by atoms with Gasteiger partial charge in [-0.1, -0.05) is 12.1 Å². The fourth-order valence-corrected chi connectivity index (χ4v) is 2.16. The molecule has 0 spiro atoms. The molecule has 30 heavy (non-hydrogen) atoms. The summed E-state index contributed by atoms with van der Waals surface area (Å²) < 4.78 is 47.4. The zero-order valence-electron chi connectivity index (χ0n) is 17.8. The largest absolute Gasteiger partial charge is 0.484 e. The van der Waals surface area contributed by atoms with Crippen molar-refractivity contribution in [3.8, 4) is 5.75 Å². The van der Waals surface area contributed by atoms with Crippen LogP contribution in [0, 0.1) is 6.92 Å². The zero-order valence-corrected chi connectivity index (χ0v) is 20.1. The lowest BCUT2D eigenvalue weighted by Crippen LogP contribution is -2.42. The number of amides is 1. The molecule has 11 heteroatoms. The van der Waals surface area contributed by atoms with E-state index >= 15 is 0 Å². The molecular weight excluding hydrogens is 516 g/mol. The minimum atomic E-state index is -4.41. The molecule has 0 aliphatic heterocycles. The van der Waals surface area contributed by atoms with Gasteiger partial charge in [0.25, 0.3) is 0 Å². The van der Waals surface area contributed by atoms with Gasteiger partial charge >= 0.3 is 12.3 Å². The quantitative estimate of drug-likeness (QED) is 0.210. The summed E-state index contributed by atoms with van der Waals surface area (Å²) in [5.41, 5.74) is 0.783. The monoisotopic (exact) mass is 546 g/mol. The van der Waals surface area contributed by atoms with Gasteiger partial charge in [-0.25, -0.2) is 4.79 Å². The van der Waals surface area contributed by atoms with Crippen LogP contribution in [0.1, 0.15) is 31.9 Å². The number of alkyl halides is 3. The third-order valence-electron chi connectivity index (χ3n) is 3.37. The average molecular weight is 546 g/mol. The second-order valence-corrected chi connectivity index (χ2v) is 7.30. The lowest BCUT2D eigenvalue weighted by Gasteiger charge is -2.20. The maximum Gasteiger partial charge on any atom is 0.422 e. The van der Waals surface area contributed by atoms with Crippen molar-refractivity contribution in [2.45, 2.75) is 46.0 Å². The van der Waals surface area contributed by atoms with Gasteiger partial charge in [0, 0.05) is 32.2 Å². The molecule has 0 radical (unpaired) electrons. The van der Waals surface area contributed by atoms with Crippen molar-refractivity contribution in [1.82, 2.24) is 16.0 Å². The molecule has 0 atom stereocenters. The minimum Gasteiger partial charge on any atom is -0.484 e. The van der Waals surface area contributed by atoms with E-state index in [1.807, 2.05) is 0 Å². The standard InChI is InChI=1S/C19H29F3N4O3.HI/c1-13-6-7-14(15(10-13)28-12-19(20,21)22)11-26-16(23-5)24-8-9-25-17(27)29-18(2,3)4;/h6-7,10H,8-9,11-12H2,1-5H3,(H,25,27)(H2,23,24,26);1H. The van der Waals surface area contributed by atoms with Gasteiger partial charge in [-0.15, -0.1) is 24.0 Å². The van der Waals surface area contributed by atoms with Gasteiger partial charge in [-0.3, -0.25) is 4.99 Å². The van der Waals surface area contributed by atoms with Crippen LogP contribution in [-0.2, 0) is 11.3 Å². The van der Waals surface area contributed by atoms with E-state index in [1.165, 1.54) is 0 Å². The predicted molar refractivity (Wildman–Crippen MR) is 121 cm³/mol. The van der Waals surface area contributed by atoms with Crippen LogP contribution < -0.4 is 20.7 Å². The van der Waals surface area contributed by atoms with Crippen LogP contribution in [-0.4, -0.2) is 50.6 Å². The Morgan fingerprint density at radius 2 is 1.73 bits per heavy atom. The predicted octanol–water partition coefficient (Wildman–Crippen LogP) is 3.74. The number of aliphatic imine (C=N–C) groups is 1. The van der Waals surface area contributed by atoms with Gasteiger partial charge in [0.1, 0.15) is 11.4 Å². The molecule has 0 heterocycles. The number of halogens is 4. The van der Waals surface area contributed by atoms with Gasteiger partial charge in [0.2, 0.25) is 0 Å². The molecule has 0 saturated heterocycles. The summed E-state index contributed by atoms with van der Waals surface area (Å²) in [5, 5.41) is 8.60. The van der Waals surface area contributed by atoms with Gasteiger partial charge in [0.15, 0.2) is 12.6 Å². The Kier molecular flexibility index (Phi) is 11.9. The van der Waals surface area contributed by atoms with Crippen LogP contribution >= 0.6 is 24.0 Å². The van der Waals surface area contributed by atoms with Gasteiger partial charge in [-0.2, -0.15) is 13.2 Å². The first-order chi connectivity index (χ1) is 13.4. The van der Waals surface area contributed by atoms with Crippen molar-refractivity contribution >= 4 is 36.0 Å². The highest BCUT2D eigenvalue weighted by atomic mass is 127. The summed E-state index contributed by atoms with van der Waals surface area (Å²) in [4.78, 5) is 15.6. The van der Waals surface area contributed by atoms with Gasteiger partial charge in [0.05, 0.1) is 0 Å². The number of guanidine groups is 1. The Bertz CT molecular complexity index is 707. The molecule has 1 aromatic carbocycles. The molecule has 0 aromatic heterocycles. The first-order valence-corrected chi connectivity index (χ1v) is 9.10. The summed E-state index contributed by atoms with van der Waals surface area (Å²) in [5.74, 6) is 0.593. The summed E-state index contributed by atoms with van der Waals surface area (Å²) in [6.45, 7) is 6.64. The van der Waals surface area contributed by atoms with Crippen LogP contribution in [0.25, 0.3) is 0 Å². The lowest BCUT2D eigenvalue weighted by molar-refractivity contribution is -0.153. The molecule has 7 nitrogen and oxygen atoms in total. The van der Waals surface area contributed by atoms with Crippen LogP contribution in [0.5, 0.6) is 5.75 Å². The molecule has 1 rings (SSSR count). The molecule has 0 saturated carbocycles. The topological polar surface area (TPSA) is 84.0 Å². The second kappa shape index (κ2) is 12.7. The number of alkyl carbamates (subject to hydrolysis) is 1. The van der Waals surface area contributed by atoms with E-state index in [0.29, 0.717) is 24.6 Å². The molecular formula is C19H30F3IN4O3. The second-order valence-electron chi connectivity index (χ2n) is 7.30. The first-order valence-electron chi connectivity index (χ1n) is 9.10. The summed E-state index contributed by atoms with van der Waals surface area (Å²) in [6, 6.07) is 5.05. The zero-order chi connectivity index (χ0) is 22.1. The summed E-state index contributed by atoms with van der Waals surface area (Å²) in [7, 11) is 1.56. The highest BCUT2D eigenvalue weighted by Crippen LogP contribution is 2.23. The highest BCUT2D eigenvalue weighted by Gasteiger charge is 2.28. The highest BCUT2D eigenvalue weighted by molar-refractivity contribution is 14.0. The summed E-state index contributed by atoms with van der Waals surface area (Å²) >= 11 is 0. The van der Waals surface area contributed by atoms with Crippen LogP contribution in [0.15, 0.2) is 23.2 Å². The van der Waals surface area contributed by atoms with E-state index in [-0.39, 0.29) is 36.3 Å². The number of hydrogen-bond donors (Lipinski definition) is 3. The van der Waals surface area contributed by atoms with Crippen molar-refractivity contribution in [3.63, 3.8) is 0 Å². The van der Waals surface area contributed by atoms with Crippen molar-refractivity contribution < 1.29 is 27.4 Å².